The van der Waals surface area contributed by atoms with Crippen molar-refractivity contribution >= 4 is 11.6 Å². The zero-order valence-electron chi connectivity index (χ0n) is 11.5. The van der Waals surface area contributed by atoms with Gasteiger partial charge in [0.15, 0.2) is 0 Å². The topological polar surface area (TPSA) is 51.7 Å². The lowest BCUT2D eigenvalue weighted by atomic mass is 10.2. The molecule has 0 saturated carbocycles. The van der Waals surface area contributed by atoms with E-state index in [2.05, 4.69) is 11.9 Å². The van der Waals surface area contributed by atoms with Crippen molar-refractivity contribution in [3.05, 3.63) is 24.0 Å². The molecule has 2 heterocycles. The molecule has 0 atom stereocenters. The fraction of sp³-hybridized carbons (Fsp3) is 0.571. The number of pyridine rings is 1. The van der Waals surface area contributed by atoms with Crippen LogP contribution in [0.2, 0.25) is 0 Å². The largest absolute Gasteiger partial charge is 0.345 e. The van der Waals surface area contributed by atoms with E-state index < -0.39 is 0 Å². The molecule has 104 valence electrons. The molecule has 1 aliphatic rings. The van der Waals surface area contributed by atoms with Gasteiger partial charge in [-0.25, -0.2) is 0 Å². The molecule has 5 heteroatoms. The molecule has 0 radical (unpaired) electrons. The van der Waals surface area contributed by atoms with E-state index in [-0.39, 0.29) is 12.2 Å². The van der Waals surface area contributed by atoms with Gasteiger partial charge in [0, 0.05) is 13.5 Å². The van der Waals surface area contributed by atoms with Crippen molar-refractivity contribution in [2.45, 2.75) is 33.0 Å². The normalized spacial score (nSPS) is 15.7. The van der Waals surface area contributed by atoms with Crippen LogP contribution < -0.4 is 4.90 Å². The van der Waals surface area contributed by atoms with Gasteiger partial charge in [-0.1, -0.05) is 13.3 Å². The summed E-state index contributed by atoms with van der Waals surface area (Å²) < 4.78 is 10.8. The first-order valence-corrected chi connectivity index (χ1v) is 6.69. The summed E-state index contributed by atoms with van der Waals surface area (Å²) in [7, 11) is 0. The molecule has 2 rings (SSSR count). The predicted molar refractivity (Wildman–Crippen MR) is 71.8 cm³/mol. The zero-order valence-corrected chi connectivity index (χ0v) is 11.5. The van der Waals surface area contributed by atoms with Crippen molar-refractivity contribution in [2.24, 2.45) is 0 Å². The molecule has 1 saturated heterocycles. The third kappa shape index (κ3) is 3.52. The van der Waals surface area contributed by atoms with Gasteiger partial charge in [-0.3, -0.25) is 9.78 Å². The molecule has 1 aromatic heterocycles. The molecule has 1 amide bonds. The predicted octanol–water partition coefficient (Wildman–Crippen LogP) is 2.28. The third-order valence-corrected chi connectivity index (χ3v) is 3.06. The summed E-state index contributed by atoms with van der Waals surface area (Å²) in [6, 6.07) is 3.75. The highest BCUT2D eigenvalue weighted by Crippen LogP contribution is 2.23. The molecule has 0 aromatic carbocycles. The van der Waals surface area contributed by atoms with Gasteiger partial charge < -0.3 is 14.4 Å². The van der Waals surface area contributed by atoms with Gasteiger partial charge in [0.05, 0.1) is 30.8 Å². The highest BCUT2D eigenvalue weighted by Gasteiger charge is 2.20. The highest BCUT2D eigenvalue weighted by atomic mass is 16.7. The number of nitrogens with zero attached hydrogens (tertiary/aromatic N) is 2. The Morgan fingerprint density at radius 1 is 1.42 bits per heavy atom. The Hall–Kier alpha value is -1.46. The van der Waals surface area contributed by atoms with Gasteiger partial charge >= 0.3 is 0 Å². The van der Waals surface area contributed by atoms with Crippen molar-refractivity contribution in [1.29, 1.82) is 0 Å². The number of amides is 1. The van der Waals surface area contributed by atoms with E-state index in [1.807, 2.05) is 12.1 Å². The smallest absolute Gasteiger partial charge is 0.223 e. The van der Waals surface area contributed by atoms with Gasteiger partial charge in [0.25, 0.3) is 0 Å². The summed E-state index contributed by atoms with van der Waals surface area (Å²) in [4.78, 5) is 17.7. The van der Waals surface area contributed by atoms with Crippen molar-refractivity contribution in [2.75, 3.05) is 24.7 Å². The minimum Gasteiger partial charge on any atom is -0.345 e. The lowest BCUT2D eigenvalue weighted by Crippen LogP contribution is -2.29. The number of unbranched alkanes of at least 4 members (excludes halogenated alkanes) is 1. The molecule has 0 aliphatic carbocycles. The van der Waals surface area contributed by atoms with Crippen molar-refractivity contribution < 1.29 is 14.3 Å². The van der Waals surface area contributed by atoms with Crippen molar-refractivity contribution in [3.63, 3.8) is 0 Å². The molecular weight excluding hydrogens is 244 g/mol. The van der Waals surface area contributed by atoms with Crippen molar-refractivity contribution in [3.8, 4) is 0 Å². The molecule has 0 bridgehead atoms. The van der Waals surface area contributed by atoms with Crippen LogP contribution >= 0.6 is 0 Å². The van der Waals surface area contributed by atoms with Crippen LogP contribution in [0.1, 0.15) is 38.7 Å². The summed E-state index contributed by atoms with van der Waals surface area (Å²) in [5.74, 6) is 0.0383. The minimum absolute atomic E-state index is 0.0383. The molecule has 0 unspecified atom stereocenters. The maximum atomic E-state index is 11.6. The van der Waals surface area contributed by atoms with Gasteiger partial charge in [0.1, 0.15) is 0 Å². The monoisotopic (exact) mass is 264 g/mol. The molecular formula is C14H20N2O3. The highest BCUT2D eigenvalue weighted by molar-refractivity contribution is 5.91. The first-order chi connectivity index (χ1) is 9.22. The maximum absolute atomic E-state index is 11.6. The number of aromatic nitrogens is 1. The van der Waals surface area contributed by atoms with Crippen LogP contribution in [0.25, 0.3) is 0 Å². The van der Waals surface area contributed by atoms with E-state index in [9.17, 15) is 4.79 Å². The number of carbonyl (C=O) groups is 1. The van der Waals surface area contributed by atoms with Crippen LogP contribution in [0.4, 0.5) is 5.69 Å². The number of carbonyl (C=O) groups excluding carboxylic acids is 1. The van der Waals surface area contributed by atoms with Crippen LogP contribution in [-0.4, -0.2) is 30.6 Å². The maximum Gasteiger partial charge on any atom is 0.223 e. The standard InChI is InChI=1S/C14H20N2O3/c1-3-4-7-16(11(2)17)12-5-6-13(15-10-12)14-18-8-9-19-14/h5-6,10,14H,3-4,7-9H2,1-2H3. The molecule has 5 nitrogen and oxygen atoms in total. The quantitative estimate of drug-likeness (QED) is 0.818. The summed E-state index contributed by atoms with van der Waals surface area (Å²) in [6.45, 7) is 5.61. The van der Waals surface area contributed by atoms with E-state index in [0.717, 1.165) is 30.8 Å². The number of hydrogen-bond acceptors (Lipinski definition) is 4. The summed E-state index contributed by atoms with van der Waals surface area (Å²) in [5, 5.41) is 0. The van der Waals surface area contributed by atoms with E-state index in [1.54, 1.807) is 18.0 Å². The third-order valence-electron chi connectivity index (χ3n) is 3.06. The first-order valence-electron chi connectivity index (χ1n) is 6.69. The molecule has 0 spiro atoms. The van der Waals surface area contributed by atoms with Gasteiger partial charge in [-0.2, -0.15) is 0 Å². The number of anilines is 1. The Kier molecular flexibility index (Phi) is 4.87. The minimum atomic E-state index is -0.365. The van der Waals surface area contributed by atoms with Crippen LogP contribution in [0.15, 0.2) is 18.3 Å². The fourth-order valence-electron chi connectivity index (χ4n) is 2.01. The molecule has 1 aliphatic heterocycles. The molecule has 0 N–H and O–H groups in total. The van der Waals surface area contributed by atoms with Crippen LogP contribution in [0, 0.1) is 0 Å². The van der Waals surface area contributed by atoms with E-state index >= 15 is 0 Å². The average molecular weight is 264 g/mol. The van der Waals surface area contributed by atoms with Crippen LogP contribution in [0.3, 0.4) is 0 Å². The number of ether oxygens (including phenoxy) is 2. The van der Waals surface area contributed by atoms with Gasteiger partial charge in [-0.15, -0.1) is 0 Å². The van der Waals surface area contributed by atoms with Gasteiger partial charge in [0.2, 0.25) is 12.2 Å². The van der Waals surface area contributed by atoms with Crippen molar-refractivity contribution in [1.82, 2.24) is 4.98 Å². The summed E-state index contributed by atoms with van der Waals surface area (Å²) in [5.41, 5.74) is 1.57. The Morgan fingerprint density at radius 2 is 2.16 bits per heavy atom. The Balaban J connectivity index is 2.08. The lowest BCUT2D eigenvalue weighted by molar-refractivity contribution is -0.116. The number of rotatable bonds is 5. The zero-order chi connectivity index (χ0) is 13.7. The second-order valence-electron chi connectivity index (χ2n) is 4.54. The van der Waals surface area contributed by atoms with Crippen LogP contribution in [-0.2, 0) is 14.3 Å². The number of hydrogen-bond donors (Lipinski definition) is 0. The Morgan fingerprint density at radius 3 is 2.68 bits per heavy atom. The SMILES string of the molecule is CCCCN(C(C)=O)c1ccc(C2OCCO2)nc1. The second kappa shape index (κ2) is 6.63. The summed E-state index contributed by atoms with van der Waals surface area (Å²) in [6.07, 6.45) is 3.38. The fourth-order valence-corrected chi connectivity index (χ4v) is 2.01. The average Bonchev–Trinajstić information content (AvgIpc) is 2.93. The summed E-state index contributed by atoms with van der Waals surface area (Å²) >= 11 is 0. The first kappa shape index (κ1) is 14.0. The molecule has 1 aromatic rings. The van der Waals surface area contributed by atoms with Crippen LogP contribution in [0.5, 0.6) is 0 Å². The second-order valence-corrected chi connectivity index (χ2v) is 4.54. The molecule has 1 fully saturated rings. The van der Waals surface area contributed by atoms with E-state index in [0.29, 0.717) is 13.2 Å². The van der Waals surface area contributed by atoms with E-state index in [4.69, 9.17) is 9.47 Å². The van der Waals surface area contributed by atoms with Gasteiger partial charge in [-0.05, 0) is 18.6 Å². The Labute approximate surface area is 113 Å². The Bertz CT molecular complexity index is 413. The lowest BCUT2D eigenvalue weighted by Gasteiger charge is -2.21. The molecule has 19 heavy (non-hydrogen) atoms. The van der Waals surface area contributed by atoms with E-state index in [1.165, 1.54) is 0 Å².